The number of aromatic amines is 1. The summed E-state index contributed by atoms with van der Waals surface area (Å²) in [5.41, 5.74) is 2.21. The molecule has 0 aliphatic rings. The number of carbonyl (C=O) groups excluding carboxylic acids is 4. The number of fused-ring (bicyclic) bond motifs is 1. The largest absolute Gasteiger partial charge is 0.379 e. The number of hydrogen-bond donors (Lipinski definition) is 5. The van der Waals surface area contributed by atoms with Gasteiger partial charge in [0.05, 0.1) is 217 Å². The van der Waals surface area contributed by atoms with Gasteiger partial charge in [0.25, 0.3) is 0 Å². The van der Waals surface area contributed by atoms with E-state index in [2.05, 4.69) is 54.7 Å². The van der Waals surface area contributed by atoms with Crippen LogP contribution < -0.4 is 21.3 Å². The average Bonchev–Trinajstić information content (AvgIpc) is 2.33. The molecular weight excluding hydrogens is 1220 g/mol. The van der Waals surface area contributed by atoms with Crippen molar-refractivity contribution in [3.8, 4) is 0 Å². The third-order valence-electron chi connectivity index (χ3n) is 13.0. The Morgan fingerprint density at radius 1 is 0.424 bits per heavy atom. The standard InChI is InChI=1S/C64H112N6O21S/c1-2-75-29-30-83-45-46-90-53-54-91-52-51-89-43-36-81-27-20-67-62(72)17-25-79-34-41-86-48-47-85-39-32-77-23-9-3-8-22-76-31-38-84-44-37-82-28-21-68-64(74)60(70-63(73)15-10-11-57-55-69-59-13-5-4-12-58(57)59)14-6-7-18-66-61(71)16-24-78-33-40-87-49-50-88-42-35-80-26-19-65-56-92/h4-5,12-13,55,60,69H,2-3,6-11,14-54H2,1H3,(H,66,71)(H,67,72)(H,68,74)(H,70,73). The van der Waals surface area contributed by atoms with Gasteiger partial charge < -0.3 is 107 Å². The zero-order valence-corrected chi connectivity index (χ0v) is 55.9. The Morgan fingerprint density at radius 2 is 0.826 bits per heavy atom. The number of unbranched alkanes of at least 4 members (excludes halogenated alkanes) is 3. The van der Waals surface area contributed by atoms with Gasteiger partial charge >= 0.3 is 0 Å². The number of rotatable bonds is 72. The van der Waals surface area contributed by atoms with E-state index >= 15 is 0 Å². The average molecular weight is 1330 g/mol. The van der Waals surface area contributed by atoms with Crippen LogP contribution in [0.25, 0.3) is 10.9 Å². The lowest BCUT2D eigenvalue weighted by atomic mass is 10.1. The lowest BCUT2D eigenvalue weighted by Gasteiger charge is -2.19. The van der Waals surface area contributed by atoms with E-state index in [0.717, 1.165) is 42.1 Å². The van der Waals surface area contributed by atoms with Crippen LogP contribution in [0.4, 0.5) is 0 Å². The number of carbonyl (C=O) groups is 4. The number of nitrogens with zero attached hydrogens (tertiary/aromatic N) is 1. The first-order chi connectivity index (χ1) is 45.4. The molecule has 1 atom stereocenters. The maximum Gasteiger partial charge on any atom is 0.242 e. The van der Waals surface area contributed by atoms with Crippen LogP contribution in [-0.4, -0.2) is 291 Å². The second kappa shape index (κ2) is 66.8. The maximum atomic E-state index is 13.3. The van der Waals surface area contributed by atoms with Gasteiger partial charge in [0.15, 0.2) is 0 Å². The van der Waals surface area contributed by atoms with Crippen molar-refractivity contribution in [3.63, 3.8) is 0 Å². The highest BCUT2D eigenvalue weighted by Gasteiger charge is 2.20. The maximum absolute atomic E-state index is 13.3. The molecule has 92 heavy (non-hydrogen) atoms. The fourth-order valence-corrected chi connectivity index (χ4v) is 8.29. The minimum Gasteiger partial charge on any atom is -0.379 e. The summed E-state index contributed by atoms with van der Waals surface area (Å²) < 4.78 is 93.5. The van der Waals surface area contributed by atoms with E-state index < -0.39 is 6.04 Å². The lowest BCUT2D eigenvalue weighted by molar-refractivity contribution is -0.129. The molecule has 0 saturated carbocycles. The number of para-hydroxylation sites is 1. The Morgan fingerprint density at radius 3 is 1.29 bits per heavy atom. The lowest BCUT2D eigenvalue weighted by Crippen LogP contribution is -2.47. The van der Waals surface area contributed by atoms with Gasteiger partial charge in [-0.05, 0) is 82.1 Å². The number of amides is 4. The molecule has 28 heteroatoms. The van der Waals surface area contributed by atoms with Gasteiger partial charge in [-0.15, -0.1) is 0 Å². The number of aryl methyl sites for hydroxylation is 1. The molecular formula is C64H112N6O21S. The smallest absolute Gasteiger partial charge is 0.242 e. The van der Waals surface area contributed by atoms with Crippen molar-refractivity contribution in [3.05, 3.63) is 36.0 Å². The number of ether oxygens (including phenoxy) is 17. The van der Waals surface area contributed by atoms with Crippen LogP contribution in [0.15, 0.2) is 35.5 Å². The summed E-state index contributed by atoms with van der Waals surface area (Å²) in [5.74, 6) is -0.698. The highest BCUT2D eigenvalue weighted by atomic mass is 32.1. The van der Waals surface area contributed by atoms with Crippen molar-refractivity contribution in [2.45, 2.75) is 83.6 Å². The van der Waals surface area contributed by atoms with Crippen molar-refractivity contribution >= 4 is 51.9 Å². The number of aromatic nitrogens is 1. The Hall–Kier alpha value is -4.24. The summed E-state index contributed by atoms with van der Waals surface area (Å²) in [7, 11) is 0. The molecule has 0 aliphatic carbocycles. The monoisotopic (exact) mass is 1330 g/mol. The Kier molecular flexibility index (Phi) is 60.9. The van der Waals surface area contributed by atoms with Crippen LogP contribution in [0.3, 0.4) is 0 Å². The van der Waals surface area contributed by atoms with Crippen molar-refractivity contribution in [1.82, 2.24) is 26.3 Å². The molecule has 0 bridgehead atoms. The van der Waals surface area contributed by atoms with Gasteiger partial charge in [-0.2, -0.15) is 0 Å². The van der Waals surface area contributed by atoms with Crippen LogP contribution in [-0.2, 0) is 106 Å². The van der Waals surface area contributed by atoms with Gasteiger partial charge in [0, 0.05) is 75.8 Å². The Bertz CT molecular complexity index is 2070. The molecule has 0 radical (unpaired) electrons. The molecule has 0 fully saturated rings. The predicted molar refractivity (Wildman–Crippen MR) is 349 cm³/mol. The predicted octanol–water partition coefficient (Wildman–Crippen LogP) is 3.85. The summed E-state index contributed by atoms with van der Waals surface area (Å²) in [6.45, 7) is 19.3. The number of isothiocyanates is 1. The second-order valence-electron chi connectivity index (χ2n) is 20.3. The summed E-state index contributed by atoms with van der Waals surface area (Å²) in [4.78, 5) is 57.9. The number of benzene rings is 1. The van der Waals surface area contributed by atoms with Crippen molar-refractivity contribution in [2.75, 3.05) is 251 Å². The van der Waals surface area contributed by atoms with E-state index in [1.807, 2.05) is 31.3 Å². The molecule has 2 rings (SSSR count). The quantitative estimate of drug-likeness (QED) is 0.0357. The van der Waals surface area contributed by atoms with E-state index in [0.29, 0.717) is 257 Å². The van der Waals surface area contributed by atoms with Crippen molar-refractivity contribution in [1.29, 1.82) is 0 Å². The Labute approximate surface area is 551 Å². The first-order valence-corrected chi connectivity index (χ1v) is 33.4. The summed E-state index contributed by atoms with van der Waals surface area (Å²) >= 11 is 4.51. The third-order valence-corrected chi connectivity index (χ3v) is 13.1. The van der Waals surface area contributed by atoms with E-state index in [-0.39, 0.29) is 62.6 Å². The first-order valence-electron chi connectivity index (χ1n) is 32.9. The topological polar surface area (TPSA) is 301 Å². The SMILES string of the molecule is CCOCCOCCOCCOCCOCCOCCNC(=O)CCOCCOCCOCCOCCCCCOCCOCCOCCNC(=O)C(CCCCNC(=O)CCOCCOCCOCCOCCN=C=S)NC(=O)CCCc1c[nH]c2ccccc12. The second-order valence-corrected chi connectivity index (χ2v) is 20.5. The molecule has 1 heterocycles. The minimum absolute atomic E-state index is 0.0988. The number of nitrogens with one attached hydrogen (secondary N) is 5. The fourth-order valence-electron chi connectivity index (χ4n) is 8.20. The molecule has 1 unspecified atom stereocenters. The van der Waals surface area contributed by atoms with Crippen molar-refractivity contribution < 1.29 is 99.7 Å². The zero-order valence-electron chi connectivity index (χ0n) is 55.0. The molecule has 1 aromatic heterocycles. The van der Waals surface area contributed by atoms with Gasteiger partial charge in [0.2, 0.25) is 23.6 Å². The summed E-state index contributed by atoms with van der Waals surface area (Å²) in [6.07, 6.45) is 8.61. The normalized spacial score (nSPS) is 11.7. The van der Waals surface area contributed by atoms with Crippen LogP contribution >= 0.6 is 12.2 Å². The van der Waals surface area contributed by atoms with Gasteiger partial charge in [-0.3, -0.25) is 19.2 Å². The summed E-state index contributed by atoms with van der Waals surface area (Å²) in [5, 5.41) is 15.0. The van der Waals surface area contributed by atoms with Gasteiger partial charge in [-0.1, -0.05) is 18.2 Å². The van der Waals surface area contributed by atoms with E-state index in [1.54, 1.807) is 0 Å². The highest BCUT2D eigenvalue weighted by Crippen LogP contribution is 2.19. The Balaban J connectivity index is 1.36. The highest BCUT2D eigenvalue weighted by molar-refractivity contribution is 7.78. The van der Waals surface area contributed by atoms with E-state index in [4.69, 9.17) is 80.5 Å². The molecule has 1 aromatic carbocycles. The molecule has 0 spiro atoms. The molecule has 2 aromatic rings. The molecule has 5 N–H and O–H groups in total. The number of aliphatic imine (C=N–C) groups is 1. The van der Waals surface area contributed by atoms with Crippen LogP contribution in [0, 0.1) is 0 Å². The van der Waals surface area contributed by atoms with E-state index in [1.165, 1.54) is 0 Å². The number of H-pyrrole nitrogens is 1. The first kappa shape index (κ1) is 83.8. The minimum atomic E-state index is -0.726. The number of thiocarbonyl (C=S) groups is 1. The van der Waals surface area contributed by atoms with Crippen LogP contribution in [0.2, 0.25) is 0 Å². The fraction of sp³-hybridized carbons (Fsp3) is 0.797. The summed E-state index contributed by atoms with van der Waals surface area (Å²) in [6, 6.07) is 7.34. The molecule has 27 nitrogen and oxygen atoms in total. The molecule has 0 saturated heterocycles. The van der Waals surface area contributed by atoms with E-state index in [9.17, 15) is 19.2 Å². The molecule has 0 aliphatic heterocycles. The van der Waals surface area contributed by atoms with Gasteiger partial charge in [0.1, 0.15) is 6.04 Å². The molecule has 4 amide bonds. The third kappa shape index (κ3) is 55.1. The molecule has 530 valence electrons. The zero-order chi connectivity index (χ0) is 65.8. The van der Waals surface area contributed by atoms with Crippen molar-refractivity contribution in [2.24, 2.45) is 4.99 Å². The van der Waals surface area contributed by atoms with Gasteiger partial charge in [-0.25, -0.2) is 4.99 Å². The number of hydrogen-bond acceptors (Lipinski definition) is 23. The van der Waals surface area contributed by atoms with Crippen LogP contribution in [0.5, 0.6) is 0 Å². The van der Waals surface area contributed by atoms with Crippen LogP contribution in [0.1, 0.15) is 76.7 Å².